The molecule has 0 spiro atoms. The zero-order valence-corrected chi connectivity index (χ0v) is 11.5. The third-order valence-corrected chi connectivity index (χ3v) is 4.71. The van der Waals surface area contributed by atoms with Crippen molar-refractivity contribution < 1.29 is 0 Å². The second-order valence-corrected chi connectivity index (χ2v) is 6.12. The van der Waals surface area contributed by atoms with Gasteiger partial charge in [-0.15, -0.1) is 0 Å². The van der Waals surface area contributed by atoms with Crippen LogP contribution in [0.15, 0.2) is 18.2 Å². The van der Waals surface area contributed by atoms with Crippen LogP contribution in [0.3, 0.4) is 0 Å². The van der Waals surface area contributed by atoms with Crippen molar-refractivity contribution in [2.24, 2.45) is 5.73 Å². The van der Waals surface area contributed by atoms with Crippen molar-refractivity contribution in [2.75, 3.05) is 4.90 Å². The van der Waals surface area contributed by atoms with Gasteiger partial charge in [0.25, 0.3) is 0 Å². The first-order valence-corrected chi connectivity index (χ1v) is 7.27. The van der Waals surface area contributed by atoms with Crippen LogP contribution in [0.1, 0.15) is 43.2 Å². The molecule has 98 valence electrons. The van der Waals surface area contributed by atoms with Gasteiger partial charge in [-0.1, -0.05) is 18.2 Å². The van der Waals surface area contributed by atoms with Gasteiger partial charge < -0.3 is 10.6 Å². The molecule has 1 aromatic rings. The standard InChI is InChI=1S/C16H24N2/c1-11-5-3-6-12(2)16(11)18-14-7-4-8-15(18)10-13(17)9-14/h3,5-6,13-15H,4,7-10,17H2,1-2H3. The zero-order chi connectivity index (χ0) is 12.7. The Hall–Kier alpha value is -1.02. The maximum atomic E-state index is 6.21. The molecule has 2 atom stereocenters. The first kappa shape index (κ1) is 12.0. The van der Waals surface area contributed by atoms with Crippen molar-refractivity contribution in [3.05, 3.63) is 29.3 Å². The Kier molecular flexibility index (Phi) is 3.06. The van der Waals surface area contributed by atoms with Gasteiger partial charge in [0, 0.05) is 23.8 Å². The minimum atomic E-state index is 0.417. The maximum Gasteiger partial charge on any atom is 0.0430 e. The van der Waals surface area contributed by atoms with Crippen molar-refractivity contribution in [2.45, 2.75) is 64.1 Å². The van der Waals surface area contributed by atoms with Crippen molar-refractivity contribution in [1.82, 2.24) is 0 Å². The number of hydrogen-bond acceptors (Lipinski definition) is 2. The van der Waals surface area contributed by atoms with Crippen molar-refractivity contribution in [3.8, 4) is 0 Å². The fraction of sp³-hybridized carbons (Fsp3) is 0.625. The molecule has 2 nitrogen and oxygen atoms in total. The van der Waals surface area contributed by atoms with E-state index < -0.39 is 0 Å². The summed E-state index contributed by atoms with van der Waals surface area (Å²) in [7, 11) is 0. The Balaban J connectivity index is 2.00. The second kappa shape index (κ2) is 4.58. The number of anilines is 1. The number of aryl methyl sites for hydroxylation is 2. The van der Waals surface area contributed by atoms with Gasteiger partial charge in [-0.25, -0.2) is 0 Å². The number of para-hydroxylation sites is 1. The minimum Gasteiger partial charge on any atom is -0.365 e. The molecule has 2 heteroatoms. The highest BCUT2D eigenvalue weighted by molar-refractivity contribution is 5.61. The Labute approximate surface area is 110 Å². The van der Waals surface area contributed by atoms with Gasteiger partial charge in [-0.05, 0) is 57.1 Å². The average Bonchev–Trinajstić information content (AvgIpc) is 2.29. The number of hydrogen-bond donors (Lipinski definition) is 1. The number of piperidine rings is 2. The molecule has 0 radical (unpaired) electrons. The number of rotatable bonds is 1. The molecule has 18 heavy (non-hydrogen) atoms. The predicted octanol–water partition coefficient (Wildman–Crippen LogP) is 3.15. The Morgan fingerprint density at radius 3 is 2.17 bits per heavy atom. The highest BCUT2D eigenvalue weighted by Crippen LogP contribution is 2.39. The van der Waals surface area contributed by atoms with Gasteiger partial charge in [-0.3, -0.25) is 0 Å². The van der Waals surface area contributed by atoms with Crippen molar-refractivity contribution >= 4 is 5.69 Å². The fourth-order valence-corrected chi connectivity index (χ4v) is 4.00. The maximum absolute atomic E-state index is 6.21. The van der Waals surface area contributed by atoms with Gasteiger partial charge in [-0.2, -0.15) is 0 Å². The molecule has 3 rings (SSSR count). The molecule has 0 aromatic heterocycles. The number of benzene rings is 1. The van der Waals surface area contributed by atoms with Crippen LogP contribution in [0.25, 0.3) is 0 Å². The lowest BCUT2D eigenvalue weighted by Gasteiger charge is -2.50. The summed E-state index contributed by atoms with van der Waals surface area (Å²) in [5.74, 6) is 0. The topological polar surface area (TPSA) is 29.3 Å². The number of nitrogens with two attached hydrogens (primary N) is 1. The van der Waals surface area contributed by atoms with Crippen LogP contribution in [0.5, 0.6) is 0 Å². The van der Waals surface area contributed by atoms with Gasteiger partial charge in [0.1, 0.15) is 0 Å². The summed E-state index contributed by atoms with van der Waals surface area (Å²) < 4.78 is 0. The third kappa shape index (κ3) is 1.93. The monoisotopic (exact) mass is 244 g/mol. The average molecular weight is 244 g/mol. The summed E-state index contributed by atoms with van der Waals surface area (Å²) in [6.07, 6.45) is 6.36. The molecule has 0 aliphatic carbocycles. The summed E-state index contributed by atoms with van der Waals surface area (Å²) in [5, 5.41) is 0. The molecule has 0 amide bonds. The summed E-state index contributed by atoms with van der Waals surface area (Å²) >= 11 is 0. The zero-order valence-electron chi connectivity index (χ0n) is 11.5. The van der Waals surface area contributed by atoms with E-state index in [1.165, 1.54) is 48.9 Å². The van der Waals surface area contributed by atoms with E-state index in [-0.39, 0.29) is 0 Å². The molecule has 2 aliphatic rings. The molecule has 2 N–H and O–H groups in total. The molecule has 2 bridgehead atoms. The first-order valence-electron chi connectivity index (χ1n) is 7.27. The number of nitrogens with zero attached hydrogens (tertiary/aromatic N) is 1. The van der Waals surface area contributed by atoms with Crippen LogP contribution < -0.4 is 10.6 Å². The van der Waals surface area contributed by atoms with E-state index in [0.717, 1.165) is 0 Å². The minimum absolute atomic E-state index is 0.417. The SMILES string of the molecule is Cc1cccc(C)c1N1C2CCCC1CC(N)C2. The van der Waals surface area contributed by atoms with Crippen LogP contribution in [0, 0.1) is 13.8 Å². The van der Waals surface area contributed by atoms with Gasteiger partial charge in [0.15, 0.2) is 0 Å². The van der Waals surface area contributed by atoms with Crippen LogP contribution >= 0.6 is 0 Å². The molecule has 2 fully saturated rings. The van der Waals surface area contributed by atoms with E-state index in [0.29, 0.717) is 18.1 Å². The van der Waals surface area contributed by atoms with Crippen LogP contribution in [-0.4, -0.2) is 18.1 Å². The van der Waals surface area contributed by atoms with Gasteiger partial charge in [0.2, 0.25) is 0 Å². The fourth-order valence-electron chi connectivity index (χ4n) is 4.00. The summed E-state index contributed by atoms with van der Waals surface area (Å²) in [5.41, 5.74) is 10.5. The van der Waals surface area contributed by atoms with E-state index in [1.807, 2.05) is 0 Å². The summed E-state index contributed by atoms with van der Waals surface area (Å²) in [6.45, 7) is 4.49. The van der Waals surface area contributed by atoms with Gasteiger partial charge >= 0.3 is 0 Å². The normalized spacial score (nSPS) is 31.5. The molecule has 2 heterocycles. The lowest BCUT2D eigenvalue weighted by Crippen LogP contribution is -2.56. The highest BCUT2D eigenvalue weighted by atomic mass is 15.2. The summed E-state index contributed by atoms with van der Waals surface area (Å²) in [4.78, 5) is 2.71. The van der Waals surface area contributed by atoms with Crippen LogP contribution in [0.2, 0.25) is 0 Å². The third-order valence-electron chi connectivity index (χ3n) is 4.71. The largest absolute Gasteiger partial charge is 0.365 e. The van der Waals surface area contributed by atoms with E-state index in [9.17, 15) is 0 Å². The Bertz CT molecular complexity index is 406. The molecular formula is C16H24N2. The van der Waals surface area contributed by atoms with Crippen LogP contribution in [-0.2, 0) is 0 Å². The van der Waals surface area contributed by atoms with E-state index in [4.69, 9.17) is 5.73 Å². The predicted molar refractivity (Wildman–Crippen MR) is 77.0 cm³/mol. The smallest absolute Gasteiger partial charge is 0.0430 e. The molecule has 1 aromatic carbocycles. The second-order valence-electron chi connectivity index (χ2n) is 6.12. The molecular weight excluding hydrogens is 220 g/mol. The van der Waals surface area contributed by atoms with E-state index in [2.05, 4.69) is 36.9 Å². The van der Waals surface area contributed by atoms with Crippen LogP contribution in [0.4, 0.5) is 5.69 Å². The van der Waals surface area contributed by atoms with E-state index >= 15 is 0 Å². The van der Waals surface area contributed by atoms with Crippen molar-refractivity contribution in [1.29, 1.82) is 0 Å². The lowest BCUT2D eigenvalue weighted by atomic mass is 9.81. The molecule has 2 aliphatic heterocycles. The lowest BCUT2D eigenvalue weighted by molar-refractivity contribution is 0.270. The summed E-state index contributed by atoms with van der Waals surface area (Å²) in [6, 6.07) is 8.42. The van der Waals surface area contributed by atoms with Crippen molar-refractivity contribution in [3.63, 3.8) is 0 Å². The Morgan fingerprint density at radius 2 is 1.61 bits per heavy atom. The number of fused-ring (bicyclic) bond motifs is 2. The van der Waals surface area contributed by atoms with Gasteiger partial charge in [0.05, 0.1) is 0 Å². The quantitative estimate of drug-likeness (QED) is 0.822. The molecule has 2 saturated heterocycles. The highest BCUT2D eigenvalue weighted by Gasteiger charge is 2.37. The molecule has 2 unspecified atom stereocenters. The first-order chi connectivity index (χ1) is 8.66. The van der Waals surface area contributed by atoms with E-state index in [1.54, 1.807) is 0 Å². The molecule has 0 saturated carbocycles. The Morgan fingerprint density at radius 1 is 1.06 bits per heavy atom.